The van der Waals surface area contributed by atoms with E-state index in [1.54, 1.807) is 6.08 Å². The number of nitrogens with one attached hydrogen (secondary N) is 1. The third-order valence-corrected chi connectivity index (χ3v) is 7.52. The first-order chi connectivity index (χ1) is 19.8. The minimum Gasteiger partial charge on any atom is -0.387 e. The number of unbranched alkanes of at least 4 members (excludes halogenated alkanes) is 12. The number of hydrogen-bond acceptors (Lipinski definition) is 4. The number of aliphatic hydroxyl groups excluding tert-OH is 1. The van der Waals surface area contributed by atoms with E-state index in [0.717, 1.165) is 51.4 Å². The molecule has 0 aliphatic carbocycles. The normalized spacial score (nSPS) is 14.3. The molecule has 7 heteroatoms. The van der Waals surface area contributed by atoms with Gasteiger partial charge in [-0.2, -0.15) is 8.42 Å². The van der Waals surface area contributed by atoms with Gasteiger partial charge in [0.2, 0.25) is 5.91 Å². The van der Waals surface area contributed by atoms with Gasteiger partial charge in [-0.05, 0) is 71.1 Å². The minimum atomic E-state index is -4.35. The van der Waals surface area contributed by atoms with Crippen LogP contribution in [-0.2, 0) is 14.9 Å². The summed E-state index contributed by atoms with van der Waals surface area (Å²) < 4.78 is 32.1. The first-order valence-electron chi connectivity index (χ1n) is 16.0. The lowest BCUT2D eigenvalue weighted by atomic mass is 10.1. The van der Waals surface area contributed by atoms with Crippen molar-refractivity contribution in [3.05, 3.63) is 60.8 Å². The van der Waals surface area contributed by atoms with Gasteiger partial charge < -0.3 is 10.4 Å². The predicted molar refractivity (Wildman–Crippen MR) is 175 cm³/mol. The van der Waals surface area contributed by atoms with Crippen molar-refractivity contribution in [2.45, 2.75) is 142 Å². The number of hydrogen-bond donors (Lipinski definition) is 3. The Kier molecular flexibility index (Phi) is 26.8. The summed E-state index contributed by atoms with van der Waals surface area (Å²) in [5.41, 5.74) is 0. The zero-order valence-electron chi connectivity index (χ0n) is 25.9. The molecule has 41 heavy (non-hydrogen) atoms. The highest BCUT2D eigenvalue weighted by Gasteiger charge is 2.24. The smallest absolute Gasteiger partial charge is 0.267 e. The van der Waals surface area contributed by atoms with Crippen LogP contribution in [0.2, 0.25) is 0 Å². The van der Waals surface area contributed by atoms with E-state index in [9.17, 15) is 22.9 Å². The average molecular weight is 594 g/mol. The molecule has 0 radical (unpaired) electrons. The Morgan fingerprint density at radius 3 is 1.80 bits per heavy atom. The quantitative estimate of drug-likeness (QED) is 0.0503. The van der Waals surface area contributed by atoms with Crippen LogP contribution in [0.3, 0.4) is 0 Å². The van der Waals surface area contributed by atoms with Crippen LogP contribution in [0.15, 0.2) is 60.8 Å². The van der Waals surface area contributed by atoms with E-state index in [1.807, 2.05) is 13.0 Å². The molecule has 0 aliphatic heterocycles. The molecule has 0 rings (SSSR count). The van der Waals surface area contributed by atoms with E-state index >= 15 is 0 Å². The Labute approximate surface area is 251 Å². The zero-order chi connectivity index (χ0) is 30.4. The van der Waals surface area contributed by atoms with Gasteiger partial charge in [-0.25, -0.2) is 0 Å². The molecule has 3 N–H and O–H groups in total. The lowest BCUT2D eigenvalue weighted by Gasteiger charge is -2.21. The summed E-state index contributed by atoms with van der Waals surface area (Å²) >= 11 is 0. The van der Waals surface area contributed by atoms with Gasteiger partial charge in [-0.3, -0.25) is 9.35 Å². The SMILES string of the molecule is C/C=C/CC/C=C/CC/C=C/C(O)C(CS(=O)(=O)O)NC(=O)CCCCCCCCC/C=C\C/C=C\CCCCC. The first kappa shape index (κ1) is 39.0. The molecule has 2 atom stereocenters. The summed E-state index contributed by atoms with van der Waals surface area (Å²) in [5.74, 6) is -1.03. The molecule has 0 aliphatic rings. The molecule has 6 nitrogen and oxygen atoms in total. The van der Waals surface area contributed by atoms with Crippen LogP contribution in [-0.4, -0.2) is 41.9 Å². The highest BCUT2D eigenvalue weighted by Crippen LogP contribution is 2.11. The van der Waals surface area contributed by atoms with Gasteiger partial charge in [0.1, 0.15) is 0 Å². The van der Waals surface area contributed by atoms with Crippen LogP contribution >= 0.6 is 0 Å². The number of carbonyl (C=O) groups excluding carboxylic acids is 1. The molecule has 0 aromatic rings. The standard InChI is InChI=1S/C34H59NO5S/c1-3-5-7-9-11-13-14-15-16-17-18-19-20-22-24-26-28-30-34(37)35-32(31-41(38,39)40)33(36)29-27-25-23-21-12-10-8-6-4-2/h4,6,11-13,15-16,21,27,29,32-33,36H,3,5,7-10,14,17-20,22-26,28,30-31H2,1-2H3,(H,35,37)(H,38,39,40)/b6-4+,13-11-,16-15-,21-12+,29-27+. The second-order valence-corrected chi connectivity index (χ2v) is 12.2. The fourth-order valence-electron chi connectivity index (χ4n) is 4.34. The van der Waals surface area contributed by atoms with Gasteiger partial charge in [-0.15, -0.1) is 0 Å². The zero-order valence-corrected chi connectivity index (χ0v) is 26.7. The number of allylic oxidation sites excluding steroid dienone is 9. The third-order valence-electron chi connectivity index (χ3n) is 6.74. The summed E-state index contributed by atoms with van der Waals surface area (Å²) in [6.45, 7) is 4.23. The van der Waals surface area contributed by atoms with Crippen molar-refractivity contribution in [1.82, 2.24) is 5.32 Å². The summed E-state index contributed by atoms with van der Waals surface area (Å²) in [4.78, 5) is 12.4. The van der Waals surface area contributed by atoms with Crippen molar-refractivity contribution in [2.75, 3.05) is 5.75 Å². The van der Waals surface area contributed by atoms with Gasteiger partial charge in [0, 0.05) is 6.42 Å². The molecule has 1 amide bonds. The topological polar surface area (TPSA) is 104 Å². The first-order valence-corrected chi connectivity index (χ1v) is 17.6. The van der Waals surface area contributed by atoms with Crippen molar-refractivity contribution in [2.24, 2.45) is 0 Å². The van der Waals surface area contributed by atoms with E-state index in [0.29, 0.717) is 12.8 Å². The molecule has 0 spiro atoms. The molecule has 2 unspecified atom stereocenters. The van der Waals surface area contributed by atoms with E-state index in [2.05, 4.69) is 54.8 Å². The van der Waals surface area contributed by atoms with Crippen molar-refractivity contribution >= 4 is 16.0 Å². The molecule has 236 valence electrons. The van der Waals surface area contributed by atoms with Gasteiger partial charge in [-0.1, -0.05) is 113 Å². The number of amides is 1. The van der Waals surface area contributed by atoms with Crippen molar-refractivity contribution in [1.29, 1.82) is 0 Å². The predicted octanol–water partition coefficient (Wildman–Crippen LogP) is 8.56. The Morgan fingerprint density at radius 2 is 1.22 bits per heavy atom. The highest BCUT2D eigenvalue weighted by molar-refractivity contribution is 7.85. The summed E-state index contributed by atoms with van der Waals surface area (Å²) in [7, 11) is -4.35. The van der Waals surface area contributed by atoms with Crippen molar-refractivity contribution in [3.63, 3.8) is 0 Å². The maximum absolute atomic E-state index is 12.4. The Bertz CT molecular complexity index is 874. The molecule has 0 heterocycles. The Balaban J connectivity index is 4.06. The summed E-state index contributed by atoms with van der Waals surface area (Å²) in [5, 5.41) is 13.0. The molecule has 0 saturated carbocycles. The summed E-state index contributed by atoms with van der Waals surface area (Å²) in [6.07, 6.45) is 37.9. The van der Waals surface area contributed by atoms with Crippen LogP contribution in [0, 0.1) is 0 Å². The van der Waals surface area contributed by atoms with Crippen molar-refractivity contribution < 1.29 is 22.9 Å². The van der Waals surface area contributed by atoms with E-state index in [4.69, 9.17) is 0 Å². The molecule has 0 aromatic carbocycles. The second-order valence-electron chi connectivity index (χ2n) is 10.7. The van der Waals surface area contributed by atoms with Crippen LogP contribution in [0.1, 0.15) is 129 Å². The summed E-state index contributed by atoms with van der Waals surface area (Å²) in [6, 6.07) is -1.08. The highest BCUT2D eigenvalue weighted by atomic mass is 32.2. The molecule has 0 bridgehead atoms. The fraction of sp³-hybridized carbons (Fsp3) is 0.676. The van der Waals surface area contributed by atoms with Crippen LogP contribution in [0.4, 0.5) is 0 Å². The maximum Gasteiger partial charge on any atom is 0.267 e. The number of aliphatic hydroxyl groups is 1. The molecule has 0 aromatic heterocycles. The monoisotopic (exact) mass is 593 g/mol. The number of carbonyl (C=O) groups is 1. The lowest BCUT2D eigenvalue weighted by molar-refractivity contribution is -0.122. The van der Waals surface area contributed by atoms with Gasteiger partial charge in [0.25, 0.3) is 10.1 Å². The second kappa shape index (κ2) is 28.2. The maximum atomic E-state index is 12.4. The van der Waals surface area contributed by atoms with Crippen LogP contribution < -0.4 is 5.32 Å². The van der Waals surface area contributed by atoms with E-state index < -0.39 is 28.0 Å². The van der Waals surface area contributed by atoms with Crippen molar-refractivity contribution in [3.8, 4) is 0 Å². The van der Waals surface area contributed by atoms with Crippen LogP contribution in [0.25, 0.3) is 0 Å². The lowest BCUT2D eigenvalue weighted by Crippen LogP contribution is -2.46. The van der Waals surface area contributed by atoms with Gasteiger partial charge in [0.05, 0.1) is 17.9 Å². The minimum absolute atomic E-state index is 0.272. The third kappa shape index (κ3) is 29.3. The van der Waals surface area contributed by atoms with Crippen LogP contribution in [0.5, 0.6) is 0 Å². The molecular weight excluding hydrogens is 534 g/mol. The Hall–Kier alpha value is -1.96. The average Bonchev–Trinajstić information content (AvgIpc) is 2.92. The van der Waals surface area contributed by atoms with E-state index in [1.165, 1.54) is 51.0 Å². The molecule has 0 fully saturated rings. The molecule has 0 saturated heterocycles. The number of rotatable bonds is 27. The molecular formula is C34H59NO5S. The largest absolute Gasteiger partial charge is 0.387 e. The van der Waals surface area contributed by atoms with E-state index in [-0.39, 0.29) is 12.3 Å². The Morgan fingerprint density at radius 1 is 0.707 bits per heavy atom. The van der Waals surface area contributed by atoms with Gasteiger partial charge >= 0.3 is 0 Å². The fourth-order valence-corrected chi connectivity index (χ4v) is 5.07. The van der Waals surface area contributed by atoms with Gasteiger partial charge in [0.15, 0.2) is 0 Å².